The van der Waals surface area contributed by atoms with Crippen LogP contribution in [0.3, 0.4) is 0 Å². The average molecular weight is 270 g/mol. The molecule has 0 saturated carbocycles. The van der Waals surface area contributed by atoms with Crippen LogP contribution in [0.1, 0.15) is 18.1 Å². The van der Waals surface area contributed by atoms with Crippen molar-refractivity contribution in [2.45, 2.75) is 13.8 Å². The second-order valence-corrected chi connectivity index (χ2v) is 4.37. The first kappa shape index (κ1) is 13.9. The predicted octanol–water partition coefficient (Wildman–Crippen LogP) is 3.47. The molecule has 0 bridgehead atoms. The van der Waals surface area contributed by atoms with Crippen molar-refractivity contribution in [2.24, 2.45) is 5.73 Å². The van der Waals surface area contributed by atoms with Gasteiger partial charge in [-0.05, 0) is 49.7 Å². The zero-order chi connectivity index (χ0) is 14.5. The van der Waals surface area contributed by atoms with Gasteiger partial charge in [-0.25, -0.2) is 0 Å². The summed E-state index contributed by atoms with van der Waals surface area (Å²) in [6.07, 6.45) is 0. The van der Waals surface area contributed by atoms with Crippen molar-refractivity contribution in [2.75, 3.05) is 6.61 Å². The molecule has 2 aromatic rings. The van der Waals surface area contributed by atoms with Crippen LogP contribution >= 0.6 is 0 Å². The van der Waals surface area contributed by atoms with Gasteiger partial charge in [-0.15, -0.1) is 0 Å². The third-order valence-electron chi connectivity index (χ3n) is 2.86. The van der Waals surface area contributed by atoms with E-state index >= 15 is 0 Å². The number of amidine groups is 1. The molecule has 0 atom stereocenters. The third kappa shape index (κ3) is 3.09. The van der Waals surface area contributed by atoms with Gasteiger partial charge in [0, 0.05) is 0 Å². The Morgan fingerprint density at radius 2 is 1.75 bits per heavy atom. The van der Waals surface area contributed by atoms with Crippen molar-refractivity contribution in [3.63, 3.8) is 0 Å². The lowest BCUT2D eigenvalue weighted by molar-refractivity contribution is 0.339. The number of aryl methyl sites for hydroxylation is 1. The van der Waals surface area contributed by atoms with Gasteiger partial charge < -0.3 is 15.2 Å². The van der Waals surface area contributed by atoms with Gasteiger partial charge in [0.05, 0.1) is 12.2 Å². The van der Waals surface area contributed by atoms with Crippen molar-refractivity contribution in [3.8, 4) is 17.2 Å². The van der Waals surface area contributed by atoms with Crippen LogP contribution in [0.5, 0.6) is 17.2 Å². The van der Waals surface area contributed by atoms with E-state index in [0.717, 1.165) is 11.3 Å². The molecule has 2 aromatic carbocycles. The largest absolute Gasteiger partial charge is 0.494 e. The molecule has 4 heteroatoms. The van der Waals surface area contributed by atoms with Gasteiger partial charge in [-0.1, -0.05) is 12.1 Å². The Morgan fingerprint density at radius 1 is 1.10 bits per heavy atom. The van der Waals surface area contributed by atoms with Crippen LogP contribution < -0.4 is 15.2 Å². The SMILES string of the molecule is CCOc1ccc(Oc2c(C)cccc2C(=N)N)cc1. The number of nitrogens with two attached hydrogens (primary N) is 1. The van der Waals surface area contributed by atoms with Gasteiger partial charge >= 0.3 is 0 Å². The Hall–Kier alpha value is -2.49. The van der Waals surface area contributed by atoms with Gasteiger partial charge in [0.25, 0.3) is 0 Å². The fraction of sp³-hybridized carbons (Fsp3) is 0.188. The number of hydrogen-bond acceptors (Lipinski definition) is 3. The minimum Gasteiger partial charge on any atom is -0.494 e. The lowest BCUT2D eigenvalue weighted by Crippen LogP contribution is -2.12. The smallest absolute Gasteiger partial charge is 0.141 e. The van der Waals surface area contributed by atoms with Crippen LogP contribution in [0.2, 0.25) is 0 Å². The molecule has 0 radical (unpaired) electrons. The molecule has 0 unspecified atom stereocenters. The molecule has 0 amide bonds. The summed E-state index contributed by atoms with van der Waals surface area (Å²) < 4.78 is 11.2. The Labute approximate surface area is 118 Å². The maximum atomic E-state index is 7.61. The number of hydrogen-bond donors (Lipinski definition) is 2. The van der Waals surface area contributed by atoms with E-state index in [9.17, 15) is 0 Å². The summed E-state index contributed by atoms with van der Waals surface area (Å²) in [4.78, 5) is 0. The molecule has 0 saturated heterocycles. The van der Waals surface area contributed by atoms with E-state index in [4.69, 9.17) is 20.6 Å². The average Bonchev–Trinajstić information content (AvgIpc) is 2.43. The Morgan fingerprint density at radius 3 is 2.35 bits per heavy atom. The number of nitrogen functional groups attached to an aromatic ring is 1. The van der Waals surface area contributed by atoms with E-state index in [1.54, 1.807) is 6.07 Å². The van der Waals surface area contributed by atoms with Gasteiger partial charge in [-0.3, -0.25) is 5.41 Å². The zero-order valence-electron chi connectivity index (χ0n) is 11.6. The molecular formula is C16H18N2O2. The highest BCUT2D eigenvalue weighted by molar-refractivity contribution is 5.98. The minimum atomic E-state index is -0.00497. The molecular weight excluding hydrogens is 252 g/mol. The number of para-hydroxylation sites is 1. The third-order valence-corrected chi connectivity index (χ3v) is 2.86. The van der Waals surface area contributed by atoms with E-state index < -0.39 is 0 Å². The molecule has 0 aliphatic rings. The van der Waals surface area contributed by atoms with Crippen molar-refractivity contribution in [3.05, 3.63) is 53.6 Å². The normalized spacial score (nSPS) is 10.1. The molecule has 0 fully saturated rings. The molecule has 0 aromatic heterocycles. The second kappa shape index (κ2) is 6.10. The van der Waals surface area contributed by atoms with E-state index in [0.29, 0.717) is 23.7 Å². The van der Waals surface area contributed by atoms with Gasteiger partial charge in [-0.2, -0.15) is 0 Å². The van der Waals surface area contributed by atoms with Crippen molar-refractivity contribution < 1.29 is 9.47 Å². The van der Waals surface area contributed by atoms with Crippen LogP contribution in [0.25, 0.3) is 0 Å². The molecule has 0 aliphatic carbocycles. The van der Waals surface area contributed by atoms with Crippen LogP contribution in [0, 0.1) is 12.3 Å². The van der Waals surface area contributed by atoms with E-state index in [-0.39, 0.29) is 5.84 Å². The molecule has 3 N–H and O–H groups in total. The first-order chi connectivity index (χ1) is 9.61. The lowest BCUT2D eigenvalue weighted by atomic mass is 10.1. The number of ether oxygens (including phenoxy) is 2. The summed E-state index contributed by atoms with van der Waals surface area (Å²) >= 11 is 0. The van der Waals surface area contributed by atoms with E-state index in [2.05, 4.69) is 0 Å². The van der Waals surface area contributed by atoms with Gasteiger partial charge in [0.15, 0.2) is 0 Å². The molecule has 2 rings (SSSR count). The molecule has 4 nitrogen and oxygen atoms in total. The Balaban J connectivity index is 2.27. The monoisotopic (exact) mass is 270 g/mol. The maximum Gasteiger partial charge on any atom is 0.141 e. The summed E-state index contributed by atoms with van der Waals surface area (Å²) in [6.45, 7) is 4.50. The molecule has 0 aliphatic heterocycles. The van der Waals surface area contributed by atoms with Gasteiger partial charge in [0.1, 0.15) is 23.1 Å². The number of nitrogens with one attached hydrogen (secondary N) is 1. The highest BCUT2D eigenvalue weighted by atomic mass is 16.5. The first-order valence-corrected chi connectivity index (χ1v) is 6.46. The highest BCUT2D eigenvalue weighted by Gasteiger charge is 2.10. The van der Waals surface area contributed by atoms with Crippen LogP contribution in [-0.2, 0) is 0 Å². The standard InChI is InChI=1S/C16H18N2O2/c1-3-19-12-7-9-13(10-8-12)20-15-11(2)5-4-6-14(15)16(17)18/h4-10H,3H2,1-2H3,(H3,17,18). The quantitative estimate of drug-likeness (QED) is 0.645. The van der Waals surface area contributed by atoms with Crippen LogP contribution in [0.15, 0.2) is 42.5 Å². The van der Waals surface area contributed by atoms with Crippen molar-refractivity contribution in [1.82, 2.24) is 0 Å². The topological polar surface area (TPSA) is 68.3 Å². The Kier molecular flexibility index (Phi) is 4.25. The summed E-state index contributed by atoms with van der Waals surface area (Å²) in [5.74, 6) is 2.10. The second-order valence-electron chi connectivity index (χ2n) is 4.37. The zero-order valence-corrected chi connectivity index (χ0v) is 11.6. The predicted molar refractivity (Wildman–Crippen MR) is 79.9 cm³/mol. The molecule has 20 heavy (non-hydrogen) atoms. The minimum absolute atomic E-state index is 0.00497. The molecule has 104 valence electrons. The van der Waals surface area contributed by atoms with E-state index in [1.807, 2.05) is 50.2 Å². The maximum absolute atomic E-state index is 7.61. The summed E-state index contributed by atoms with van der Waals surface area (Å²) in [5.41, 5.74) is 7.12. The van der Waals surface area contributed by atoms with Crippen molar-refractivity contribution >= 4 is 5.84 Å². The lowest BCUT2D eigenvalue weighted by Gasteiger charge is -2.13. The van der Waals surface area contributed by atoms with Gasteiger partial charge in [0.2, 0.25) is 0 Å². The summed E-state index contributed by atoms with van der Waals surface area (Å²) in [6, 6.07) is 12.9. The molecule has 0 spiro atoms. The van der Waals surface area contributed by atoms with Crippen molar-refractivity contribution in [1.29, 1.82) is 5.41 Å². The first-order valence-electron chi connectivity index (χ1n) is 6.46. The number of benzene rings is 2. The van der Waals surface area contributed by atoms with Crippen LogP contribution in [0.4, 0.5) is 0 Å². The highest BCUT2D eigenvalue weighted by Crippen LogP contribution is 2.29. The van der Waals surface area contributed by atoms with E-state index in [1.165, 1.54) is 0 Å². The molecule has 0 heterocycles. The van der Waals surface area contributed by atoms with Crippen LogP contribution in [-0.4, -0.2) is 12.4 Å². The number of rotatable bonds is 5. The Bertz CT molecular complexity index is 606. The summed E-state index contributed by atoms with van der Waals surface area (Å²) in [5, 5.41) is 7.61. The fourth-order valence-corrected chi connectivity index (χ4v) is 1.89. The summed E-state index contributed by atoms with van der Waals surface area (Å²) in [7, 11) is 0. The fourth-order valence-electron chi connectivity index (χ4n) is 1.89.